The van der Waals surface area contributed by atoms with Gasteiger partial charge in [0.25, 0.3) is 0 Å². The number of benzene rings is 1. The molecule has 1 atom stereocenters. The zero-order valence-corrected chi connectivity index (χ0v) is 9.91. The number of aryl methyl sites for hydroxylation is 2. The molecule has 2 rings (SSSR count). The smallest absolute Gasteiger partial charge is 0.0301 e. The minimum atomic E-state index is 0. The molecule has 72 valence electrons. The summed E-state index contributed by atoms with van der Waals surface area (Å²) in [6.45, 7) is 2.12. The predicted octanol–water partition coefficient (Wildman–Crippen LogP) is 3.13. The van der Waals surface area contributed by atoms with Crippen LogP contribution in [-0.4, -0.2) is 0 Å². The topological polar surface area (TPSA) is 26.0 Å². The van der Waals surface area contributed by atoms with Crippen LogP contribution in [0.2, 0.25) is 0 Å². The summed E-state index contributed by atoms with van der Waals surface area (Å²) in [7, 11) is 0. The molecule has 1 aromatic rings. The van der Waals surface area contributed by atoms with E-state index in [1.165, 1.54) is 21.2 Å². The van der Waals surface area contributed by atoms with Crippen molar-refractivity contribution in [3.8, 4) is 0 Å². The standard InChI is InChI=1S/C10H12BrN.ClH/c1-6-4-7-2-3-10(12)8(7)5-9(6)11;/h4-5,10H,2-3,12H2,1H3;1H/t10-;/m0./s1. The fraction of sp³-hybridized carbons (Fsp3) is 0.400. The first-order valence-electron chi connectivity index (χ1n) is 4.23. The summed E-state index contributed by atoms with van der Waals surface area (Å²) in [5.74, 6) is 0. The van der Waals surface area contributed by atoms with Crippen molar-refractivity contribution in [3.05, 3.63) is 33.3 Å². The van der Waals surface area contributed by atoms with Gasteiger partial charge in [0.05, 0.1) is 0 Å². The van der Waals surface area contributed by atoms with Crippen LogP contribution in [0.15, 0.2) is 16.6 Å². The van der Waals surface area contributed by atoms with Crippen LogP contribution >= 0.6 is 28.3 Å². The van der Waals surface area contributed by atoms with Gasteiger partial charge in [0, 0.05) is 10.5 Å². The number of nitrogens with two attached hydrogens (primary N) is 1. The van der Waals surface area contributed by atoms with Crippen molar-refractivity contribution >= 4 is 28.3 Å². The first-order chi connectivity index (χ1) is 5.68. The average molecular weight is 263 g/mol. The van der Waals surface area contributed by atoms with E-state index in [1.54, 1.807) is 0 Å². The molecule has 0 saturated carbocycles. The zero-order valence-electron chi connectivity index (χ0n) is 7.51. The van der Waals surface area contributed by atoms with Crippen molar-refractivity contribution in [2.75, 3.05) is 0 Å². The minimum Gasteiger partial charge on any atom is -0.324 e. The molecule has 0 spiro atoms. The fourth-order valence-corrected chi connectivity index (χ4v) is 2.15. The predicted molar refractivity (Wildman–Crippen MR) is 61.4 cm³/mol. The Morgan fingerprint density at radius 3 is 2.85 bits per heavy atom. The maximum atomic E-state index is 5.94. The molecule has 0 bridgehead atoms. The number of halogens is 2. The lowest BCUT2D eigenvalue weighted by Crippen LogP contribution is -2.05. The van der Waals surface area contributed by atoms with Gasteiger partial charge >= 0.3 is 0 Å². The molecule has 0 saturated heterocycles. The Morgan fingerprint density at radius 2 is 2.15 bits per heavy atom. The molecule has 0 amide bonds. The Bertz CT molecular complexity index is 325. The molecule has 1 aliphatic carbocycles. The van der Waals surface area contributed by atoms with Gasteiger partial charge in [-0.05, 0) is 42.5 Å². The van der Waals surface area contributed by atoms with Gasteiger partial charge in [-0.3, -0.25) is 0 Å². The Labute approximate surface area is 93.2 Å². The third-order valence-electron chi connectivity index (χ3n) is 2.54. The third-order valence-corrected chi connectivity index (χ3v) is 3.40. The Hall–Kier alpha value is -0.0500. The van der Waals surface area contributed by atoms with Crippen LogP contribution in [-0.2, 0) is 6.42 Å². The summed E-state index contributed by atoms with van der Waals surface area (Å²) in [5, 5.41) is 0. The molecule has 0 heterocycles. The van der Waals surface area contributed by atoms with Crippen molar-refractivity contribution in [1.82, 2.24) is 0 Å². The largest absolute Gasteiger partial charge is 0.324 e. The van der Waals surface area contributed by atoms with E-state index >= 15 is 0 Å². The van der Waals surface area contributed by atoms with Gasteiger partial charge in [0.2, 0.25) is 0 Å². The Morgan fingerprint density at radius 1 is 1.46 bits per heavy atom. The first kappa shape index (κ1) is 11.0. The number of fused-ring (bicyclic) bond motifs is 1. The van der Waals surface area contributed by atoms with E-state index in [-0.39, 0.29) is 18.4 Å². The van der Waals surface area contributed by atoms with Crippen molar-refractivity contribution in [1.29, 1.82) is 0 Å². The molecule has 13 heavy (non-hydrogen) atoms. The number of hydrogen-bond acceptors (Lipinski definition) is 1. The normalized spacial score (nSPS) is 19.5. The SMILES string of the molecule is Cc1cc2c(cc1Br)[C@@H](N)CC2.Cl. The molecule has 0 unspecified atom stereocenters. The molecular formula is C10H13BrClN. The third kappa shape index (κ3) is 1.90. The van der Waals surface area contributed by atoms with Gasteiger partial charge in [0.1, 0.15) is 0 Å². The van der Waals surface area contributed by atoms with E-state index in [4.69, 9.17) is 5.73 Å². The zero-order chi connectivity index (χ0) is 8.72. The van der Waals surface area contributed by atoms with Crippen LogP contribution in [0.1, 0.15) is 29.2 Å². The van der Waals surface area contributed by atoms with E-state index in [0.717, 1.165) is 12.8 Å². The summed E-state index contributed by atoms with van der Waals surface area (Å²) < 4.78 is 1.18. The second-order valence-corrected chi connectivity index (χ2v) is 4.30. The number of rotatable bonds is 0. The quantitative estimate of drug-likeness (QED) is 0.764. The van der Waals surface area contributed by atoms with Crippen LogP contribution in [0.5, 0.6) is 0 Å². The molecule has 0 aromatic heterocycles. The lowest BCUT2D eigenvalue weighted by molar-refractivity contribution is 0.713. The lowest BCUT2D eigenvalue weighted by atomic mass is 10.1. The molecule has 2 N–H and O–H groups in total. The van der Waals surface area contributed by atoms with Gasteiger partial charge in [-0.15, -0.1) is 12.4 Å². The molecule has 1 nitrogen and oxygen atoms in total. The molecular weight excluding hydrogens is 249 g/mol. The van der Waals surface area contributed by atoms with Crippen LogP contribution in [0, 0.1) is 6.92 Å². The van der Waals surface area contributed by atoms with Crippen molar-refractivity contribution in [3.63, 3.8) is 0 Å². The molecule has 0 aliphatic heterocycles. The van der Waals surface area contributed by atoms with E-state index in [0.29, 0.717) is 0 Å². The highest BCUT2D eigenvalue weighted by atomic mass is 79.9. The second-order valence-electron chi connectivity index (χ2n) is 3.45. The van der Waals surface area contributed by atoms with Gasteiger partial charge in [-0.2, -0.15) is 0 Å². The van der Waals surface area contributed by atoms with Crippen LogP contribution in [0.3, 0.4) is 0 Å². The van der Waals surface area contributed by atoms with Crippen molar-refractivity contribution in [2.45, 2.75) is 25.8 Å². The average Bonchev–Trinajstić information content (AvgIpc) is 2.35. The number of hydrogen-bond donors (Lipinski definition) is 1. The summed E-state index contributed by atoms with van der Waals surface area (Å²) in [6.07, 6.45) is 2.25. The van der Waals surface area contributed by atoms with E-state index in [2.05, 4.69) is 35.0 Å². The van der Waals surface area contributed by atoms with Gasteiger partial charge < -0.3 is 5.73 Å². The monoisotopic (exact) mass is 261 g/mol. The molecule has 3 heteroatoms. The first-order valence-corrected chi connectivity index (χ1v) is 5.02. The van der Waals surface area contributed by atoms with Crippen LogP contribution in [0.4, 0.5) is 0 Å². The molecule has 1 aliphatic rings. The van der Waals surface area contributed by atoms with Crippen LogP contribution < -0.4 is 5.73 Å². The fourth-order valence-electron chi connectivity index (χ4n) is 1.78. The van der Waals surface area contributed by atoms with Crippen molar-refractivity contribution < 1.29 is 0 Å². The molecule has 0 radical (unpaired) electrons. The maximum Gasteiger partial charge on any atom is 0.0301 e. The van der Waals surface area contributed by atoms with Crippen LogP contribution in [0.25, 0.3) is 0 Å². The van der Waals surface area contributed by atoms with E-state index in [1.807, 2.05) is 0 Å². The van der Waals surface area contributed by atoms with Crippen molar-refractivity contribution in [2.24, 2.45) is 5.73 Å². The summed E-state index contributed by atoms with van der Waals surface area (Å²) >= 11 is 3.52. The maximum absolute atomic E-state index is 5.94. The highest BCUT2D eigenvalue weighted by Crippen LogP contribution is 2.33. The lowest BCUT2D eigenvalue weighted by Gasteiger charge is -2.06. The van der Waals surface area contributed by atoms with E-state index < -0.39 is 0 Å². The Balaban J connectivity index is 0.000000845. The molecule has 1 aromatic carbocycles. The second kappa shape index (κ2) is 3.99. The summed E-state index contributed by atoms with van der Waals surface area (Å²) in [6, 6.07) is 4.67. The summed E-state index contributed by atoms with van der Waals surface area (Å²) in [5.41, 5.74) is 10.0. The Kier molecular flexibility index (Phi) is 3.38. The summed E-state index contributed by atoms with van der Waals surface area (Å²) in [4.78, 5) is 0. The van der Waals surface area contributed by atoms with Gasteiger partial charge in [0.15, 0.2) is 0 Å². The minimum absolute atomic E-state index is 0. The highest BCUT2D eigenvalue weighted by molar-refractivity contribution is 9.10. The highest BCUT2D eigenvalue weighted by Gasteiger charge is 2.19. The molecule has 0 fully saturated rings. The van der Waals surface area contributed by atoms with Gasteiger partial charge in [-0.25, -0.2) is 0 Å². The van der Waals surface area contributed by atoms with Gasteiger partial charge in [-0.1, -0.05) is 22.0 Å². The van der Waals surface area contributed by atoms with E-state index in [9.17, 15) is 0 Å².